The van der Waals surface area contributed by atoms with Crippen LogP contribution in [0.5, 0.6) is 0 Å². The zero-order chi connectivity index (χ0) is 18.2. The molecule has 2 aromatic rings. The topological polar surface area (TPSA) is 55.4 Å². The second-order valence-corrected chi connectivity index (χ2v) is 6.26. The van der Waals surface area contributed by atoms with Gasteiger partial charge in [0.1, 0.15) is 0 Å². The Kier molecular flexibility index (Phi) is 6.78. The summed E-state index contributed by atoms with van der Waals surface area (Å²) in [6.07, 6.45) is 2.96. The molecule has 5 heteroatoms. The smallest absolute Gasteiger partial charge is 0.331 e. The number of hydrogen-bond acceptors (Lipinski definition) is 3. The summed E-state index contributed by atoms with van der Waals surface area (Å²) in [5.41, 5.74) is 2.68. The molecule has 4 nitrogen and oxygen atoms in total. The van der Waals surface area contributed by atoms with Gasteiger partial charge in [0.2, 0.25) is 0 Å². The van der Waals surface area contributed by atoms with Crippen LogP contribution < -0.4 is 5.32 Å². The summed E-state index contributed by atoms with van der Waals surface area (Å²) in [6.45, 7) is 3.88. The molecule has 0 aromatic heterocycles. The summed E-state index contributed by atoms with van der Waals surface area (Å²) >= 11 is 5.84. The van der Waals surface area contributed by atoms with Gasteiger partial charge in [0.05, 0.1) is 0 Å². The first-order valence-electron chi connectivity index (χ1n) is 7.94. The van der Waals surface area contributed by atoms with Crippen LogP contribution in [0.25, 0.3) is 6.08 Å². The summed E-state index contributed by atoms with van der Waals surface area (Å²) in [4.78, 5) is 23.4. The fourth-order valence-corrected chi connectivity index (χ4v) is 2.29. The molecule has 0 unspecified atom stereocenters. The molecule has 0 heterocycles. The molecular weight excluding hydrogens is 338 g/mol. The summed E-state index contributed by atoms with van der Waals surface area (Å²) in [7, 11) is 0. The lowest BCUT2D eigenvalue weighted by Crippen LogP contribution is -2.20. The van der Waals surface area contributed by atoms with Gasteiger partial charge >= 0.3 is 5.97 Å². The molecule has 1 N–H and O–H groups in total. The average Bonchev–Trinajstić information content (AvgIpc) is 2.58. The SMILES string of the molecule is CC(C)c1ccc(C=CC(=O)OCC(=O)Nc2cccc(Cl)c2)cc1. The van der Waals surface area contributed by atoms with Gasteiger partial charge in [0, 0.05) is 16.8 Å². The number of benzene rings is 2. The van der Waals surface area contributed by atoms with Gasteiger partial charge in [-0.1, -0.05) is 55.8 Å². The maximum absolute atomic E-state index is 11.7. The molecule has 0 saturated heterocycles. The fourth-order valence-electron chi connectivity index (χ4n) is 2.10. The van der Waals surface area contributed by atoms with Gasteiger partial charge in [0.15, 0.2) is 6.61 Å². The van der Waals surface area contributed by atoms with Gasteiger partial charge in [-0.3, -0.25) is 4.79 Å². The second-order valence-electron chi connectivity index (χ2n) is 5.82. The first-order chi connectivity index (χ1) is 11.9. The lowest BCUT2D eigenvalue weighted by atomic mass is 10.0. The highest BCUT2D eigenvalue weighted by Gasteiger charge is 2.06. The highest BCUT2D eigenvalue weighted by Crippen LogP contribution is 2.16. The Hall–Kier alpha value is -2.59. The molecular formula is C20H20ClNO3. The van der Waals surface area contributed by atoms with Gasteiger partial charge in [-0.2, -0.15) is 0 Å². The van der Waals surface area contributed by atoms with Gasteiger partial charge in [-0.25, -0.2) is 4.79 Å². The van der Waals surface area contributed by atoms with E-state index in [9.17, 15) is 9.59 Å². The van der Waals surface area contributed by atoms with Crippen LogP contribution in [-0.4, -0.2) is 18.5 Å². The van der Waals surface area contributed by atoms with Crippen LogP contribution >= 0.6 is 11.6 Å². The van der Waals surface area contributed by atoms with Gasteiger partial charge in [-0.15, -0.1) is 0 Å². The molecule has 0 aliphatic carbocycles. The first kappa shape index (κ1) is 18.7. The molecule has 1 amide bonds. The van der Waals surface area contributed by atoms with Crippen LogP contribution in [0.1, 0.15) is 30.9 Å². The minimum Gasteiger partial charge on any atom is -0.452 e. The van der Waals surface area contributed by atoms with E-state index in [1.807, 2.05) is 24.3 Å². The first-order valence-corrected chi connectivity index (χ1v) is 8.32. The number of hydrogen-bond donors (Lipinski definition) is 1. The van der Waals surface area contributed by atoms with E-state index in [4.69, 9.17) is 16.3 Å². The molecule has 130 valence electrons. The van der Waals surface area contributed by atoms with Gasteiger partial charge < -0.3 is 10.1 Å². The lowest BCUT2D eigenvalue weighted by Gasteiger charge is -2.06. The standard InChI is InChI=1S/C20H20ClNO3/c1-14(2)16-9-6-15(7-10-16)8-11-20(24)25-13-19(23)22-18-5-3-4-17(21)12-18/h3-12,14H,13H2,1-2H3,(H,22,23). The van der Waals surface area contributed by atoms with Gasteiger partial charge in [0.25, 0.3) is 5.91 Å². The maximum Gasteiger partial charge on any atom is 0.331 e. The third-order valence-electron chi connectivity index (χ3n) is 3.47. The number of amides is 1. The molecule has 25 heavy (non-hydrogen) atoms. The van der Waals surface area contributed by atoms with Crippen molar-refractivity contribution in [3.05, 3.63) is 70.8 Å². The van der Waals surface area contributed by atoms with Crippen LogP contribution in [0.3, 0.4) is 0 Å². The van der Waals surface area contributed by atoms with E-state index in [2.05, 4.69) is 19.2 Å². The maximum atomic E-state index is 11.7. The summed E-state index contributed by atoms with van der Waals surface area (Å²) in [5.74, 6) is -0.541. The molecule has 0 aliphatic rings. The quantitative estimate of drug-likeness (QED) is 0.604. The molecule has 0 bridgehead atoms. The molecule has 0 atom stereocenters. The third-order valence-corrected chi connectivity index (χ3v) is 3.70. The zero-order valence-corrected chi connectivity index (χ0v) is 14.9. The van der Waals surface area contributed by atoms with E-state index >= 15 is 0 Å². The van der Waals surface area contributed by atoms with E-state index in [1.165, 1.54) is 11.6 Å². The predicted molar refractivity (Wildman–Crippen MR) is 101 cm³/mol. The predicted octanol–water partition coefficient (Wildman–Crippen LogP) is 4.66. The highest BCUT2D eigenvalue weighted by atomic mass is 35.5. The molecule has 0 radical (unpaired) electrons. The van der Waals surface area contributed by atoms with E-state index in [-0.39, 0.29) is 6.61 Å². The number of anilines is 1. The monoisotopic (exact) mass is 357 g/mol. The Bertz CT molecular complexity index is 767. The molecule has 2 rings (SSSR count). The number of carbonyl (C=O) groups is 2. The van der Waals surface area contributed by atoms with Crippen LogP contribution in [0.15, 0.2) is 54.6 Å². The van der Waals surface area contributed by atoms with Crippen molar-refractivity contribution < 1.29 is 14.3 Å². The number of halogens is 1. The summed E-state index contributed by atoms with van der Waals surface area (Å²) in [6, 6.07) is 14.7. The second kappa shape index (κ2) is 9.04. The van der Waals surface area contributed by atoms with Gasteiger partial charge in [-0.05, 0) is 41.3 Å². The molecule has 0 fully saturated rings. The van der Waals surface area contributed by atoms with Crippen molar-refractivity contribution in [2.24, 2.45) is 0 Å². The molecule has 2 aromatic carbocycles. The van der Waals surface area contributed by atoms with E-state index in [0.29, 0.717) is 16.6 Å². The zero-order valence-electron chi connectivity index (χ0n) is 14.2. The van der Waals surface area contributed by atoms with Crippen molar-refractivity contribution in [3.63, 3.8) is 0 Å². The average molecular weight is 358 g/mol. The van der Waals surface area contributed by atoms with Crippen molar-refractivity contribution in [2.75, 3.05) is 11.9 Å². The lowest BCUT2D eigenvalue weighted by molar-refractivity contribution is -0.142. The van der Waals surface area contributed by atoms with Crippen LogP contribution in [0, 0.1) is 0 Å². The number of nitrogens with one attached hydrogen (secondary N) is 1. The number of rotatable bonds is 6. The Morgan fingerprint density at radius 1 is 1.16 bits per heavy atom. The van der Waals surface area contributed by atoms with E-state index < -0.39 is 11.9 Å². The Morgan fingerprint density at radius 2 is 1.88 bits per heavy atom. The van der Waals surface area contributed by atoms with Crippen LogP contribution in [0.2, 0.25) is 5.02 Å². The molecule has 0 spiro atoms. The summed E-state index contributed by atoms with van der Waals surface area (Å²) < 4.78 is 4.92. The third kappa shape index (κ3) is 6.43. The van der Waals surface area contributed by atoms with Crippen LogP contribution in [0.4, 0.5) is 5.69 Å². The Balaban J connectivity index is 1.80. The minimum atomic E-state index is -0.575. The van der Waals surface area contributed by atoms with E-state index in [1.54, 1.807) is 30.3 Å². The van der Waals surface area contributed by atoms with Crippen molar-refractivity contribution in [2.45, 2.75) is 19.8 Å². The summed E-state index contributed by atoms with van der Waals surface area (Å²) in [5, 5.41) is 3.12. The normalized spacial score (nSPS) is 10.9. The van der Waals surface area contributed by atoms with Crippen molar-refractivity contribution in [3.8, 4) is 0 Å². The van der Waals surface area contributed by atoms with Crippen molar-refractivity contribution in [1.29, 1.82) is 0 Å². The Labute approximate surface area is 152 Å². The van der Waals surface area contributed by atoms with Crippen LogP contribution in [-0.2, 0) is 14.3 Å². The highest BCUT2D eigenvalue weighted by molar-refractivity contribution is 6.30. The van der Waals surface area contributed by atoms with Crippen molar-refractivity contribution in [1.82, 2.24) is 0 Å². The number of carbonyl (C=O) groups excluding carboxylic acids is 2. The minimum absolute atomic E-state index is 0.359. The number of ether oxygens (including phenoxy) is 1. The fraction of sp³-hybridized carbons (Fsp3) is 0.200. The molecule has 0 aliphatic heterocycles. The Morgan fingerprint density at radius 3 is 2.52 bits per heavy atom. The van der Waals surface area contributed by atoms with E-state index in [0.717, 1.165) is 5.56 Å². The largest absolute Gasteiger partial charge is 0.452 e. The number of esters is 1. The molecule has 0 saturated carbocycles. The van der Waals surface area contributed by atoms with Crippen molar-refractivity contribution >= 4 is 35.2 Å².